The molecule has 1 aromatic carbocycles. The lowest BCUT2D eigenvalue weighted by molar-refractivity contribution is -0.142. The average molecular weight is 399 g/mol. The maximum absolute atomic E-state index is 13.7. The van der Waals surface area contributed by atoms with Crippen molar-refractivity contribution in [2.24, 2.45) is 0 Å². The third-order valence-electron chi connectivity index (χ3n) is 5.14. The van der Waals surface area contributed by atoms with Crippen LogP contribution in [0.1, 0.15) is 20.8 Å². The number of anilines is 1. The van der Waals surface area contributed by atoms with Gasteiger partial charge in [0.15, 0.2) is 0 Å². The number of rotatable bonds is 5. The van der Waals surface area contributed by atoms with Crippen LogP contribution in [0.25, 0.3) is 0 Å². The number of carbonyl (C=O) groups is 2. The summed E-state index contributed by atoms with van der Waals surface area (Å²) in [6.45, 7) is 5.44. The largest absolute Gasteiger partial charge is 0.465 e. The van der Waals surface area contributed by atoms with Gasteiger partial charge in [0.1, 0.15) is 25.8 Å². The SMILES string of the molecule is CCOC(=O)CN1C(=O)C2Sc3cc4c(c(c31)P2(=O)CC)P4(=O)CC. The van der Waals surface area contributed by atoms with Crippen LogP contribution in [0.15, 0.2) is 11.0 Å². The highest BCUT2D eigenvalue weighted by atomic mass is 32.2. The van der Waals surface area contributed by atoms with Gasteiger partial charge >= 0.3 is 5.97 Å². The summed E-state index contributed by atoms with van der Waals surface area (Å²) in [5.41, 5.74) is 0.542. The van der Waals surface area contributed by atoms with E-state index >= 15 is 0 Å². The third-order valence-corrected chi connectivity index (χ3v) is 13.7. The van der Waals surface area contributed by atoms with E-state index in [1.165, 1.54) is 16.7 Å². The molecule has 0 saturated heterocycles. The molecule has 0 aromatic heterocycles. The van der Waals surface area contributed by atoms with Crippen molar-refractivity contribution in [1.82, 2.24) is 0 Å². The minimum Gasteiger partial charge on any atom is -0.465 e. The molecular weight excluding hydrogens is 380 g/mol. The molecule has 6 nitrogen and oxygen atoms in total. The van der Waals surface area contributed by atoms with E-state index in [1.807, 2.05) is 19.9 Å². The molecule has 1 amide bonds. The summed E-state index contributed by atoms with van der Waals surface area (Å²) in [6, 6.07) is 1.87. The Kier molecular flexibility index (Phi) is 3.81. The van der Waals surface area contributed by atoms with Crippen LogP contribution in [0.2, 0.25) is 0 Å². The maximum Gasteiger partial charge on any atom is 0.326 e. The molecule has 5 rings (SSSR count). The van der Waals surface area contributed by atoms with Crippen LogP contribution in [-0.2, 0) is 23.5 Å². The zero-order valence-electron chi connectivity index (χ0n) is 14.3. The Morgan fingerprint density at radius 1 is 1.24 bits per heavy atom. The van der Waals surface area contributed by atoms with Crippen LogP contribution in [0.4, 0.5) is 5.69 Å². The number of hydrogen-bond acceptors (Lipinski definition) is 6. The topological polar surface area (TPSA) is 80.8 Å². The second-order valence-electron chi connectivity index (χ2n) is 6.31. The number of fused-ring (bicyclic) bond motifs is 2. The summed E-state index contributed by atoms with van der Waals surface area (Å²) in [6.07, 6.45) is 0.860. The normalized spacial score (nSPS) is 31.1. The molecule has 0 aliphatic carbocycles. The van der Waals surface area contributed by atoms with Gasteiger partial charge in [-0.15, -0.1) is 11.8 Å². The van der Waals surface area contributed by atoms with E-state index in [0.717, 1.165) is 10.2 Å². The van der Waals surface area contributed by atoms with Crippen LogP contribution >= 0.6 is 26.0 Å². The van der Waals surface area contributed by atoms with Gasteiger partial charge in [-0.05, 0) is 13.0 Å². The van der Waals surface area contributed by atoms with Crippen molar-refractivity contribution < 1.29 is 23.5 Å². The van der Waals surface area contributed by atoms with Crippen molar-refractivity contribution in [3.63, 3.8) is 0 Å². The lowest BCUT2D eigenvalue weighted by Gasteiger charge is -2.43. The van der Waals surface area contributed by atoms with E-state index in [4.69, 9.17) is 4.74 Å². The average Bonchev–Trinajstić information content (AvgIpc) is 3.18. The molecule has 0 fully saturated rings. The van der Waals surface area contributed by atoms with Crippen LogP contribution in [0, 0.1) is 0 Å². The Balaban J connectivity index is 1.92. The summed E-state index contributed by atoms with van der Waals surface area (Å²) < 4.78 is 31.8. The van der Waals surface area contributed by atoms with E-state index in [1.54, 1.807) is 6.92 Å². The van der Waals surface area contributed by atoms with Gasteiger partial charge in [0.25, 0.3) is 0 Å². The quantitative estimate of drug-likeness (QED) is 0.554. The number of benzene rings is 1. The van der Waals surface area contributed by atoms with Crippen molar-refractivity contribution >= 4 is 59.5 Å². The van der Waals surface area contributed by atoms with Gasteiger partial charge in [0, 0.05) is 33.1 Å². The number of nitrogens with zero attached hydrogens (tertiary/aromatic N) is 1. The molecule has 0 saturated carbocycles. The number of ether oxygens (including phenoxy) is 1. The van der Waals surface area contributed by atoms with Gasteiger partial charge < -0.3 is 13.9 Å². The standard InChI is InChI=1S/C16H19NO5P2S/c1-4-22-11(18)8-17-12-10-7-9-13(23(9,20)5-2)14(12)24(21,6-3)16(25-10)15(17)19/h7,16H,4-6,8H2,1-3H3. The second kappa shape index (κ2) is 5.48. The van der Waals surface area contributed by atoms with Gasteiger partial charge in [-0.3, -0.25) is 14.5 Å². The molecule has 9 heteroatoms. The smallest absolute Gasteiger partial charge is 0.326 e. The number of hydrogen-bond donors (Lipinski definition) is 0. The Hall–Kier alpha value is -1.03. The first-order chi connectivity index (χ1) is 11.8. The first-order valence-electron chi connectivity index (χ1n) is 8.37. The fourth-order valence-electron chi connectivity index (χ4n) is 3.82. The molecule has 0 radical (unpaired) electrons. The molecule has 4 heterocycles. The molecule has 4 bridgehead atoms. The first kappa shape index (κ1) is 17.4. The predicted octanol–water partition coefficient (Wildman–Crippen LogP) is 1.68. The number of esters is 1. The van der Waals surface area contributed by atoms with Crippen LogP contribution in [0.5, 0.6) is 0 Å². The first-order valence-corrected chi connectivity index (χ1v) is 13.1. The number of carbonyl (C=O) groups excluding carboxylic acids is 2. The molecule has 0 N–H and O–H groups in total. The molecule has 0 spiro atoms. The van der Waals surface area contributed by atoms with Gasteiger partial charge in [-0.25, -0.2) is 0 Å². The lowest BCUT2D eigenvalue weighted by Crippen LogP contribution is -2.53. The molecule has 25 heavy (non-hydrogen) atoms. The van der Waals surface area contributed by atoms with Crippen molar-refractivity contribution in [2.75, 3.05) is 30.4 Å². The predicted molar refractivity (Wildman–Crippen MR) is 100 cm³/mol. The summed E-state index contributed by atoms with van der Waals surface area (Å²) in [5.74, 6) is -0.787. The van der Waals surface area contributed by atoms with Crippen LogP contribution in [-0.4, -0.2) is 42.3 Å². The molecule has 1 aromatic rings. The van der Waals surface area contributed by atoms with E-state index in [2.05, 4.69) is 0 Å². The van der Waals surface area contributed by atoms with Crippen molar-refractivity contribution in [3.8, 4) is 0 Å². The van der Waals surface area contributed by atoms with Crippen molar-refractivity contribution in [2.45, 2.75) is 30.7 Å². The minimum atomic E-state index is -2.98. The molecule has 134 valence electrons. The molecule has 3 unspecified atom stereocenters. The summed E-state index contributed by atoms with van der Waals surface area (Å²) in [4.78, 5) is 26.3. The minimum absolute atomic E-state index is 0.192. The van der Waals surface area contributed by atoms with E-state index in [9.17, 15) is 18.7 Å². The molecular formula is C16H19NO5P2S. The van der Waals surface area contributed by atoms with Gasteiger partial charge in [0.05, 0.1) is 12.3 Å². The van der Waals surface area contributed by atoms with Gasteiger partial charge in [-0.1, -0.05) is 13.8 Å². The van der Waals surface area contributed by atoms with Crippen molar-refractivity contribution in [3.05, 3.63) is 6.07 Å². The summed E-state index contributed by atoms with van der Waals surface area (Å²) >= 11 is 1.30. The summed E-state index contributed by atoms with van der Waals surface area (Å²) in [5, 5.41) is 2.14. The monoisotopic (exact) mass is 399 g/mol. The van der Waals surface area contributed by atoms with Gasteiger partial charge in [0.2, 0.25) is 5.91 Å². The van der Waals surface area contributed by atoms with Crippen LogP contribution in [0.3, 0.4) is 0 Å². The number of thioether (sulfide) groups is 1. The highest BCUT2D eigenvalue weighted by Gasteiger charge is 2.61. The number of amides is 1. The van der Waals surface area contributed by atoms with Gasteiger partial charge in [-0.2, -0.15) is 0 Å². The van der Waals surface area contributed by atoms with E-state index in [-0.39, 0.29) is 19.1 Å². The summed E-state index contributed by atoms with van der Waals surface area (Å²) in [7, 11) is -5.56. The highest BCUT2D eigenvalue weighted by Crippen LogP contribution is 2.69. The third kappa shape index (κ3) is 2.06. The Morgan fingerprint density at radius 3 is 2.56 bits per heavy atom. The zero-order chi connectivity index (χ0) is 18.1. The van der Waals surface area contributed by atoms with E-state index in [0.29, 0.717) is 28.6 Å². The Bertz CT molecular complexity index is 928. The Morgan fingerprint density at radius 2 is 1.96 bits per heavy atom. The van der Waals surface area contributed by atoms with Crippen molar-refractivity contribution in [1.29, 1.82) is 0 Å². The lowest BCUT2D eigenvalue weighted by atomic mass is 10.2. The zero-order valence-corrected chi connectivity index (χ0v) is 16.9. The fourth-order valence-corrected chi connectivity index (χ4v) is 12.8. The second-order valence-corrected chi connectivity index (χ2v) is 14.0. The molecule has 4 aliphatic heterocycles. The maximum atomic E-state index is 13.7. The highest BCUT2D eigenvalue weighted by molar-refractivity contribution is 8.10. The van der Waals surface area contributed by atoms with E-state index < -0.39 is 25.2 Å². The molecule has 3 atom stereocenters. The Labute approximate surface area is 150 Å². The fraction of sp³-hybridized carbons (Fsp3) is 0.500. The van der Waals surface area contributed by atoms with Crippen LogP contribution < -0.4 is 20.8 Å². The molecule has 4 aliphatic rings.